The van der Waals surface area contributed by atoms with Gasteiger partial charge in [-0.2, -0.15) is 0 Å². The summed E-state index contributed by atoms with van der Waals surface area (Å²) in [6, 6.07) is 7.49. The molecule has 1 aromatic carbocycles. The number of aliphatic hydroxyl groups is 1. The molecule has 41 heavy (non-hydrogen) atoms. The Hall–Kier alpha value is -2.79. The van der Waals surface area contributed by atoms with Gasteiger partial charge in [0.25, 0.3) is 5.91 Å². The highest BCUT2D eigenvalue weighted by Gasteiger charge is 2.31. The Balaban J connectivity index is 1.32. The molecule has 0 radical (unpaired) electrons. The molecule has 2 aliphatic heterocycles. The van der Waals surface area contributed by atoms with Crippen molar-refractivity contribution in [1.82, 2.24) is 25.1 Å². The molecule has 2 unspecified atom stereocenters. The summed E-state index contributed by atoms with van der Waals surface area (Å²) in [6.45, 7) is 11.6. The third-order valence-electron chi connectivity index (χ3n) is 9.28. The minimum absolute atomic E-state index is 0.143. The van der Waals surface area contributed by atoms with Gasteiger partial charge >= 0.3 is 0 Å². The molecule has 224 valence electrons. The molecule has 1 aliphatic carbocycles. The highest BCUT2D eigenvalue weighted by molar-refractivity contribution is 5.96. The Morgan fingerprint density at radius 1 is 1.15 bits per heavy atom. The van der Waals surface area contributed by atoms with Crippen LogP contribution in [0.4, 0.5) is 17.3 Å². The van der Waals surface area contributed by atoms with Gasteiger partial charge in [-0.05, 0) is 95.6 Å². The molecule has 2 aromatic rings. The van der Waals surface area contributed by atoms with Crippen molar-refractivity contribution in [2.45, 2.75) is 89.4 Å². The molecule has 10 nitrogen and oxygen atoms in total. The lowest BCUT2D eigenvalue weighted by Gasteiger charge is -2.42. The summed E-state index contributed by atoms with van der Waals surface area (Å²) in [5.41, 5.74) is 9.34. The van der Waals surface area contributed by atoms with Gasteiger partial charge < -0.3 is 31.7 Å². The lowest BCUT2D eigenvalue weighted by Crippen LogP contribution is -2.52. The van der Waals surface area contributed by atoms with E-state index in [1.54, 1.807) is 0 Å². The number of hydrogen-bond acceptors (Lipinski definition) is 9. The zero-order valence-corrected chi connectivity index (χ0v) is 25.2. The molecular weight excluding hydrogens is 516 g/mol. The molecule has 5 rings (SSSR count). The van der Waals surface area contributed by atoms with Gasteiger partial charge in [0.05, 0.1) is 11.3 Å². The number of carbonyl (C=O) groups excluding carboxylic acids is 1. The fourth-order valence-corrected chi connectivity index (χ4v) is 6.60. The van der Waals surface area contributed by atoms with Crippen LogP contribution in [-0.4, -0.2) is 88.2 Å². The van der Waals surface area contributed by atoms with Gasteiger partial charge in [0, 0.05) is 50.0 Å². The number of nitrogens with zero attached hydrogens (tertiary/aromatic N) is 4. The van der Waals surface area contributed by atoms with Crippen molar-refractivity contribution in [3.8, 4) is 0 Å². The first-order valence-electron chi connectivity index (χ1n) is 15.3. The minimum atomic E-state index is -0.608. The number of aryl methyl sites for hydroxylation is 2. The molecule has 6 N–H and O–H groups in total. The minimum Gasteiger partial charge on any atom is -0.390 e. The van der Waals surface area contributed by atoms with Crippen molar-refractivity contribution in [2.75, 3.05) is 50.4 Å². The first-order valence-corrected chi connectivity index (χ1v) is 15.3. The maximum atomic E-state index is 12.4. The Morgan fingerprint density at radius 2 is 1.88 bits per heavy atom. The highest BCUT2D eigenvalue weighted by atomic mass is 16.3. The lowest BCUT2D eigenvalue weighted by molar-refractivity contribution is 0.0196. The van der Waals surface area contributed by atoms with E-state index in [0.29, 0.717) is 35.8 Å². The second kappa shape index (κ2) is 12.6. The van der Waals surface area contributed by atoms with Crippen molar-refractivity contribution in [2.24, 2.45) is 5.73 Å². The highest BCUT2D eigenvalue weighted by Crippen LogP contribution is 2.33. The molecule has 10 heteroatoms. The number of amides is 1. The molecule has 3 heterocycles. The van der Waals surface area contributed by atoms with Crippen molar-refractivity contribution in [3.05, 3.63) is 40.7 Å². The number of benzene rings is 1. The predicted molar refractivity (Wildman–Crippen MR) is 164 cm³/mol. The van der Waals surface area contributed by atoms with E-state index < -0.39 is 11.5 Å². The third-order valence-corrected chi connectivity index (χ3v) is 9.28. The van der Waals surface area contributed by atoms with Gasteiger partial charge in [-0.3, -0.25) is 9.69 Å². The number of likely N-dealkylation sites (N-methyl/N-ethyl adjacent to an activating group) is 1. The molecule has 1 amide bonds. The predicted octanol–water partition coefficient (Wildman–Crippen LogP) is 3.34. The number of hydrogen-bond donors (Lipinski definition) is 5. The van der Waals surface area contributed by atoms with Crippen LogP contribution < -0.4 is 21.7 Å². The number of aromatic nitrogens is 2. The number of nitrogens with two attached hydrogens (primary N) is 1. The molecular formula is C31H48N8O2. The lowest BCUT2D eigenvalue weighted by atomic mass is 9.83. The van der Waals surface area contributed by atoms with Gasteiger partial charge in [0.2, 0.25) is 0 Å². The summed E-state index contributed by atoms with van der Waals surface area (Å²) in [7, 11) is 2.21. The molecule has 2 atom stereocenters. The Bertz CT molecular complexity index is 1220. The van der Waals surface area contributed by atoms with Crippen LogP contribution in [0.25, 0.3) is 0 Å². The quantitative estimate of drug-likeness (QED) is 0.328. The molecule has 0 bridgehead atoms. The van der Waals surface area contributed by atoms with Gasteiger partial charge in [-0.15, -0.1) is 0 Å². The summed E-state index contributed by atoms with van der Waals surface area (Å²) in [6.07, 6.45) is 6.10. The normalized spacial score (nSPS) is 27.9. The monoisotopic (exact) mass is 564 g/mol. The van der Waals surface area contributed by atoms with Crippen LogP contribution in [0.3, 0.4) is 0 Å². The number of nitrogens with one attached hydrogen (secondary N) is 3. The zero-order chi connectivity index (χ0) is 29.1. The van der Waals surface area contributed by atoms with E-state index in [9.17, 15) is 9.90 Å². The van der Waals surface area contributed by atoms with E-state index in [-0.39, 0.29) is 11.7 Å². The maximum absolute atomic E-state index is 12.4. The molecule has 0 spiro atoms. The van der Waals surface area contributed by atoms with Crippen molar-refractivity contribution in [1.29, 1.82) is 0 Å². The Kier molecular flexibility index (Phi) is 9.13. The maximum Gasteiger partial charge on any atom is 0.271 e. The van der Waals surface area contributed by atoms with Crippen molar-refractivity contribution in [3.63, 3.8) is 0 Å². The summed E-state index contributed by atoms with van der Waals surface area (Å²) >= 11 is 0. The van der Waals surface area contributed by atoms with Crippen LogP contribution in [-0.2, 0) is 6.42 Å². The first-order chi connectivity index (χ1) is 19.6. The van der Waals surface area contributed by atoms with Crippen LogP contribution in [0, 0.1) is 6.92 Å². The Morgan fingerprint density at radius 3 is 2.54 bits per heavy atom. The third kappa shape index (κ3) is 7.17. The molecule has 1 saturated carbocycles. The van der Waals surface area contributed by atoms with Crippen LogP contribution in [0.15, 0.2) is 18.2 Å². The van der Waals surface area contributed by atoms with E-state index in [2.05, 4.69) is 62.9 Å². The van der Waals surface area contributed by atoms with E-state index in [0.717, 1.165) is 70.5 Å². The van der Waals surface area contributed by atoms with Crippen LogP contribution >= 0.6 is 0 Å². The standard InChI is InChI=1S/C31H48N8O2/c1-5-25-29(34-21-8-11-31(3,41)12-9-21)37-30(27(36-25)28(32)40)35-22-6-7-24(20(2)18-22)26-19-23(10-13-33-26)39-16-14-38(4)15-17-39/h6-7,18,21,23,26,33,41H,5,8-17,19H2,1-4H3,(H2,32,40)(H2,34,35,37)/t21-,23?,26?,31-. The molecule has 3 fully saturated rings. The molecule has 1 aromatic heterocycles. The number of carbonyl (C=O) groups is 1. The SMILES string of the molecule is CCc1nc(C(N)=O)c(Nc2ccc(C3CC(N4CCN(C)CC4)CCN3)c(C)c2)nc1N[C@H]1CC[C@](C)(O)CC1. The number of rotatable bonds is 8. The second-order valence-corrected chi connectivity index (χ2v) is 12.6. The van der Waals surface area contributed by atoms with Crippen molar-refractivity contribution < 1.29 is 9.90 Å². The number of piperidine rings is 1. The van der Waals surface area contributed by atoms with E-state index >= 15 is 0 Å². The van der Waals surface area contributed by atoms with Gasteiger partial charge in [0.15, 0.2) is 11.5 Å². The van der Waals surface area contributed by atoms with Crippen LogP contribution in [0.5, 0.6) is 0 Å². The van der Waals surface area contributed by atoms with E-state index in [1.807, 2.05) is 13.8 Å². The van der Waals surface area contributed by atoms with Gasteiger partial charge in [-0.1, -0.05) is 13.0 Å². The van der Waals surface area contributed by atoms with Gasteiger partial charge in [0.1, 0.15) is 5.82 Å². The van der Waals surface area contributed by atoms with Crippen LogP contribution in [0.1, 0.15) is 85.7 Å². The average molecular weight is 565 g/mol. The fourth-order valence-electron chi connectivity index (χ4n) is 6.60. The fraction of sp³-hybridized carbons (Fsp3) is 0.645. The van der Waals surface area contributed by atoms with E-state index in [4.69, 9.17) is 10.7 Å². The molecule has 3 aliphatic rings. The topological polar surface area (TPSA) is 132 Å². The van der Waals surface area contributed by atoms with E-state index in [1.165, 1.54) is 17.5 Å². The summed E-state index contributed by atoms with van der Waals surface area (Å²) < 4.78 is 0. The van der Waals surface area contributed by atoms with Gasteiger partial charge in [-0.25, -0.2) is 9.97 Å². The second-order valence-electron chi connectivity index (χ2n) is 12.6. The smallest absolute Gasteiger partial charge is 0.271 e. The summed E-state index contributed by atoms with van der Waals surface area (Å²) in [5, 5.41) is 21.0. The first kappa shape index (κ1) is 29.7. The van der Waals surface area contributed by atoms with Crippen LogP contribution in [0.2, 0.25) is 0 Å². The number of anilines is 3. The largest absolute Gasteiger partial charge is 0.390 e. The number of piperazine rings is 1. The zero-order valence-electron chi connectivity index (χ0n) is 25.2. The van der Waals surface area contributed by atoms with Crippen molar-refractivity contribution >= 4 is 23.2 Å². The Labute approximate surface area is 244 Å². The molecule has 2 saturated heterocycles. The summed E-state index contributed by atoms with van der Waals surface area (Å²) in [5.74, 6) is 0.420. The summed E-state index contributed by atoms with van der Waals surface area (Å²) in [4.78, 5) is 26.9. The number of primary amides is 1. The average Bonchev–Trinajstić information content (AvgIpc) is 2.95.